The third-order valence-electron chi connectivity index (χ3n) is 5.92. The van der Waals surface area contributed by atoms with Crippen molar-refractivity contribution in [1.82, 2.24) is 10.6 Å². The van der Waals surface area contributed by atoms with E-state index in [4.69, 9.17) is 17.3 Å². The number of carboxylic acids is 1. The summed E-state index contributed by atoms with van der Waals surface area (Å²) < 4.78 is 0. The number of carbonyl (C=O) groups excluding carboxylic acids is 1. The standard InChI is InChI=1S/C22H36N2O3S2/c1-2-3-6-10-21(28)24-15-20(25)23-14-17-16(18-12-13-19(17)29-18)9-7-4-5-8-11-22(26)27/h4,7,16-19H,2-3,5-6,8-15H2,1H3,(H,23,25)(H,24,28)(H,26,27)/t16-,17+,18-,19+/m1/s1. The monoisotopic (exact) mass is 440 g/mol. The number of carbonyl (C=O) groups is 2. The normalized spacial score (nSPS) is 25.4. The number of nitrogens with one attached hydrogen (secondary N) is 2. The summed E-state index contributed by atoms with van der Waals surface area (Å²) in [5.41, 5.74) is 0. The van der Waals surface area contributed by atoms with E-state index < -0.39 is 5.97 Å². The second-order valence-corrected chi connectivity index (χ2v) is 10.1. The predicted octanol–water partition coefficient (Wildman–Crippen LogP) is 4.31. The van der Waals surface area contributed by atoms with Gasteiger partial charge in [-0.25, -0.2) is 0 Å². The van der Waals surface area contributed by atoms with Crippen molar-refractivity contribution >= 4 is 40.8 Å². The first-order valence-electron chi connectivity index (χ1n) is 11.1. The molecule has 0 aromatic rings. The Labute approximate surface area is 184 Å². The summed E-state index contributed by atoms with van der Waals surface area (Å²) >= 11 is 7.40. The van der Waals surface area contributed by atoms with E-state index >= 15 is 0 Å². The van der Waals surface area contributed by atoms with Crippen LogP contribution in [0.25, 0.3) is 0 Å². The summed E-state index contributed by atoms with van der Waals surface area (Å²) in [5.74, 6) is 0.439. The van der Waals surface area contributed by atoms with E-state index in [0.717, 1.165) is 37.2 Å². The molecular formula is C22H36N2O3S2. The molecule has 2 rings (SSSR count). The molecule has 2 aliphatic rings. The molecule has 0 radical (unpaired) electrons. The van der Waals surface area contributed by atoms with Crippen LogP contribution in [0.1, 0.15) is 71.1 Å². The number of thioether (sulfide) groups is 1. The second-order valence-electron chi connectivity index (χ2n) is 8.15. The lowest BCUT2D eigenvalue weighted by atomic mass is 9.77. The fourth-order valence-electron chi connectivity index (χ4n) is 4.32. The Morgan fingerprint density at radius 2 is 1.83 bits per heavy atom. The Kier molecular flexibility index (Phi) is 11.1. The second kappa shape index (κ2) is 13.3. The highest BCUT2D eigenvalue weighted by Gasteiger charge is 2.47. The van der Waals surface area contributed by atoms with Crippen LogP contribution < -0.4 is 10.6 Å². The summed E-state index contributed by atoms with van der Waals surface area (Å²) in [7, 11) is 0. The zero-order valence-electron chi connectivity index (χ0n) is 17.5. The highest BCUT2D eigenvalue weighted by atomic mass is 32.2. The number of aliphatic carboxylic acids is 1. The van der Waals surface area contributed by atoms with Crippen LogP contribution in [0, 0.1) is 11.8 Å². The van der Waals surface area contributed by atoms with Crippen LogP contribution in [-0.4, -0.2) is 45.6 Å². The Morgan fingerprint density at radius 3 is 2.55 bits per heavy atom. The maximum atomic E-state index is 12.2. The van der Waals surface area contributed by atoms with Gasteiger partial charge in [0.2, 0.25) is 5.91 Å². The summed E-state index contributed by atoms with van der Waals surface area (Å²) in [6.07, 6.45) is 14.0. The first kappa shape index (κ1) is 24.2. The van der Waals surface area contributed by atoms with Gasteiger partial charge >= 0.3 is 5.97 Å². The third kappa shape index (κ3) is 8.67. The third-order valence-corrected chi connectivity index (χ3v) is 8.13. The van der Waals surface area contributed by atoms with Gasteiger partial charge < -0.3 is 15.7 Å². The molecule has 3 N–H and O–H groups in total. The molecule has 0 aliphatic carbocycles. The summed E-state index contributed by atoms with van der Waals surface area (Å²) in [6.45, 7) is 3.18. The highest BCUT2D eigenvalue weighted by Crippen LogP contribution is 2.54. The average Bonchev–Trinajstić information content (AvgIpc) is 3.29. The van der Waals surface area contributed by atoms with Crippen LogP contribution in [0.15, 0.2) is 12.2 Å². The zero-order chi connectivity index (χ0) is 21.1. The van der Waals surface area contributed by atoms with E-state index in [1.165, 1.54) is 25.7 Å². The van der Waals surface area contributed by atoms with E-state index in [1.54, 1.807) is 0 Å². The number of hydrogen-bond acceptors (Lipinski definition) is 4. The lowest BCUT2D eigenvalue weighted by Crippen LogP contribution is -2.42. The van der Waals surface area contributed by atoms with Gasteiger partial charge in [0, 0.05) is 23.5 Å². The molecule has 1 amide bonds. The minimum atomic E-state index is -0.727. The Hall–Kier alpha value is -1.08. The fourth-order valence-corrected chi connectivity index (χ4v) is 6.54. The van der Waals surface area contributed by atoms with Gasteiger partial charge in [-0.2, -0.15) is 11.8 Å². The Morgan fingerprint density at radius 1 is 1.07 bits per heavy atom. The molecule has 5 nitrogen and oxygen atoms in total. The maximum absolute atomic E-state index is 12.2. The largest absolute Gasteiger partial charge is 0.481 e. The minimum absolute atomic E-state index is 0.0265. The molecule has 0 spiro atoms. The van der Waals surface area contributed by atoms with Crippen LogP contribution in [0.4, 0.5) is 0 Å². The van der Waals surface area contributed by atoms with Crippen LogP contribution in [0.3, 0.4) is 0 Å². The van der Waals surface area contributed by atoms with Crippen LogP contribution in [0.2, 0.25) is 0 Å². The first-order valence-corrected chi connectivity index (χ1v) is 12.4. The van der Waals surface area contributed by atoms with Gasteiger partial charge in [0.25, 0.3) is 0 Å². The van der Waals surface area contributed by atoms with Crippen LogP contribution in [0.5, 0.6) is 0 Å². The predicted molar refractivity (Wildman–Crippen MR) is 124 cm³/mol. The van der Waals surface area contributed by atoms with Crippen molar-refractivity contribution in [2.24, 2.45) is 11.8 Å². The number of carboxylic acid groups (broad SMARTS) is 1. The number of thiocarbonyl (C=S) groups is 1. The van der Waals surface area contributed by atoms with Crippen LogP contribution >= 0.6 is 24.0 Å². The van der Waals surface area contributed by atoms with Crippen molar-refractivity contribution in [3.05, 3.63) is 12.2 Å². The number of allylic oxidation sites excluding steroid dienone is 2. The van der Waals surface area contributed by atoms with Crippen molar-refractivity contribution < 1.29 is 14.7 Å². The van der Waals surface area contributed by atoms with Gasteiger partial charge in [-0.15, -0.1) is 0 Å². The topological polar surface area (TPSA) is 78.4 Å². The molecule has 4 atom stereocenters. The number of amides is 1. The van der Waals surface area contributed by atoms with Crippen molar-refractivity contribution in [1.29, 1.82) is 0 Å². The summed E-state index contributed by atoms with van der Waals surface area (Å²) in [4.78, 5) is 23.6. The van der Waals surface area contributed by atoms with E-state index in [-0.39, 0.29) is 18.9 Å². The lowest BCUT2D eigenvalue weighted by molar-refractivity contribution is -0.137. The van der Waals surface area contributed by atoms with Crippen LogP contribution in [-0.2, 0) is 9.59 Å². The van der Waals surface area contributed by atoms with E-state index in [0.29, 0.717) is 28.8 Å². The van der Waals surface area contributed by atoms with Gasteiger partial charge in [-0.05, 0) is 56.8 Å². The molecular weight excluding hydrogens is 404 g/mol. The van der Waals surface area contributed by atoms with Gasteiger partial charge in [0.05, 0.1) is 11.5 Å². The van der Waals surface area contributed by atoms with Crippen molar-refractivity contribution in [3.8, 4) is 0 Å². The lowest BCUT2D eigenvalue weighted by Gasteiger charge is -2.29. The van der Waals surface area contributed by atoms with Crippen molar-refractivity contribution in [2.75, 3.05) is 13.1 Å². The van der Waals surface area contributed by atoms with Crippen molar-refractivity contribution in [3.63, 3.8) is 0 Å². The fraction of sp³-hybridized carbons (Fsp3) is 0.773. The zero-order valence-corrected chi connectivity index (χ0v) is 19.2. The smallest absolute Gasteiger partial charge is 0.303 e. The number of hydrogen-bond donors (Lipinski definition) is 3. The molecule has 164 valence electrons. The quantitative estimate of drug-likeness (QED) is 0.212. The van der Waals surface area contributed by atoms with Gasteiger partial charge in [0.15, 0.2) is 0 Å². The molecule has 2 saturated heterocycles. The van der Waals surface area contributed by atoms with E-state index in [1.807, 2.05) is 0 Å². The average molecular weight is 441 g/mol. The van der Waals surface area contributed by atoms with Gasteiger partial charge in [-0.1, -0.05) is 44.1 Å². The molecule has 2 heterocycles. The molecule has 0 aromatic heterocycles. The number of unbranched alkanes of at least 4 members (excludes halogenated alkanes) is 3. The Balaban J connectivity index is 1.68. The molecule has 2 aliphatic heterocycles. The molecule has 0 aromatic carbocycles. The van der Waals surface area contributed by atoms with Gasteiger partial charge in [-0.3, -0.25) is 9.59 Å². The molecule has 0 unspecified atom stereocenters. The molecule has 7 heteroatoms. The Bertz CT molecular complexity index is 582. The first-order chi connectivity index (χ1) is 14.0. The van der Waals surface area contributed by atoms with Crippen molar-refractivity contribution in [2.45, 2.75) is 81.6 Å². The summed E-state index contributed by atoms with van der Waals surface area (Å²) in [6, 6.07) is 0. The summed E-state index contributed by atoms with van der Waals surface area (Å²) in [5, 5.41) is 16.3. The molecule has 29 heavy (non-hydrogen) atoms. The minimum Gasteiger partial charge on any atom is -0.481 e. The van der Waals surface area contributed by atoms with E-state index in [2.05, 4.69) is 41.5 Å². The van der Waals surface area contributed by atoms with E-state index in [9.17, 15) is 9.59 Å². The molecule has 0 saturated carbocycles. The highest BCUT2D eigenvalue weighted by molar-refractivity contribution is 8.01. The molecule has 2 bridgehead atoms. The number of rotatable bonds is 14. The molecule has 2 fully saturated rings. The SMILES string of the molecule is CCCCCC(=S)NCC(=O)NC[C@H]1[C@@H](CC=CCCCC(=O)O)[C@H]2CC[C@@H]1S2. The van der Waals surface area contributed by atoms with Gasteiger partial charge in [0.1, 0.15) is 0 Å². The number of fused-ring (bicyclic) bond motifs is 2. The maximum Gasteiger partial charge on any atom is 0.303 e.